The summed E-state index contributed by atoms with van der Waals surface area (Å²) < 4.78 is 36.7. The number of hydrogen-bond acceptors (Lipinski definition) is 1. The van der Waals surface area contributed by atoms with Crippen LogP contribution in [0.3, 0.4) is 0 Å². The fourth-order valence-electron chi connectivity index (χ4n) is 1.64. The van der Waals surface area contributed by atoms with Gasteiger partial charge in [0.1, 0.15) is 0 Å². The molecule has 0 N–H and O–H groups in total. The van der Waals surface area contributed by atoms with E-state index in [0.717, 1.165) is 18.5 Å². The van der Waals surface area contributed by atoms with Crippen molar-refractivity contribution in [3.05, 3.63) is 29.6 Å². The van der Waals surface area contributed by atoms with Crippen LogP contribution in [-0.4, -0.2) is 12.0 Å². The molecule has 5 heteroatoms. The van der Waals surface area contributed by atoms with Gasteiger partial charge in [-0.15, -0.1) is 0 Å². The Morgan fingerprint density at radius 1 is 1.40 bits per heavy atom. The van der Waals surface area contributed by atoms with Crippen LogP contribution in [0, 0.1) is 0 Å². The highest BCUT2D eigenvalue weighted by molar-refractivity contribution is 6.57. The highest BCUT2D eigenvalue weighted by Crippen LogP contribution is 2.46. The van der Waals surface area contributed by atoms with Crippen molar-refractivity contribution < 1.29 is 12.9 Å². The molecule has 82 valence electrons. The Hall–Kier alpha value is -0.995. The van der Waals surface area contributed by atoms with Crippen LogP contribution in [0.25, 0.3) is 0 Å². The van der Waals surface area contributed by atoms with Gasteiger partial charge >= 0.3 is 6.98 Å². The standard InChI is InChI=1S/C10H12BF3N/c1-10(3-4-10)9-6-8(2-5-15-9)7-11(12,13)14/h2,5-6H,3-4,7H2,1H3/q-1. The number of aromatic nitrogens is 1. The van der Waals surface area contributed by atoms with Gasteiger partial charge in [0.05, 0.1) is 0 Å². The summed E-state index contributed by atoms with van der Waals surface area (Å²) >= 11 is 0. The van der Waals surface area contributed by atoms with Gasteiger partial charge in [0.25, 0.3) is 0 Å². The third-order valence-corrected chi connectivity index (χ3v) is 2.91. The van der Waals surface area contributed by atoms with Crippen molar-refractivity contribution in [1.29, 1.82) is 0 Å². The molecule has 0 amide bonds. The molecular weight excluding hydrogens is 202 g/mol. The van der Waals surface area contributed by atoms with E-state index in [2.05, 4.69) is 4.98 Å². The fraction of sp³-hybridized carbons (Fsp3) is 0.500. The summed E-state index contributed by atoms with van der Waals surface area (Å²) in [6.45, 7) is -2.70. The molecule has 0 unspecified atom stereocenters. The molecule has 0 aromatic carbocycles. The van der Waals surface area contributed by atoms with E-state index in [0.29, 0.717) is 5.56 Å². The van der Waals surface area contributed by atoms with Crippen LogP contribution < -0.4 is 0 Å². The molecule has 1 aromatic heterocycles. The SMILES string of the molecule is CC1(c2cc(C[B-](F)(F)F)ccn2)CC1. The predicted octanol–water partition coefficient (Wildman–Crippen LogP) is 3.06. The summed E-state index contributed by atoms with van der Waals surface area (Å²) in [5, 5.41) is 0. The van der Waals surface area contributed by atoms with Gasteiger partial charge in [-0.25, -0.2) is 0 Å². The normalized spacial score (nSPS) is 18.9. The van der Waals surface area contributed by atoms with E-state index >= 15 is 0 Å². The van der Waals surface area contributed by atoms with Crippen LogP contribution >= 0.6 is 0 Å². The molecule has 15 heavy (non-hydrogen) atoms. The highest BCUT2D eigenvalue weighted by atomic mass is 19.4. The van der Waals surface area contributed by atoms with Crippen LogP contribution in [0.15, 0.2) is 18.3 Å². The molecule has 0 aliphatic heterocycles. The third-order valence-electron chi connectivity index (χ3n) is 2.91. The average Bonchev–Trinajstić information content (AvgIpc) is 2.82. The quantitative estimate of drug-likeness (QED) is 0.704. The highest BCUT2D eigenvalue weighted by Gasteiger charge is 2.40. The summed E-state index contributed by atoms with van der Waals surface area (Å²) in [7, 11) is 0. The Kier molecular flexibility index (Phi) is 2.28. The number of pyridine rings is 1. The van der Waals surface area contributed by atoms with E-state index in [9.17, 15) is 12.9 Å². The van der Waals surface area contributed by atoms with Gasteiger partial charge in [-0.1, -0.05) is 18.8 Å². The zero-order chi connectivity index (χ0) is 11.1. The van der Waals surface area contributed by atoms with E-state index in [1.807, 2.05) is 6.92 Å². The van der Waals surface area contributed by atoms with Crippen LogP contribution in [0.5, 0.6) is 0 Å². The molecule has 0 saturated heterocycles. The van der Waals surface area contributed by atoms with Gasteiger partial charge in [-0.3, -0.25) is 4.98 Å². The van der Waals surface area contributed by atoms with Crippen LogP contribution in [0.2, 0.25) is 0 Å². The van der Waals surface area contributed by atoms with E-state index in [4.69, 9.17) is 0 Å². The van der Waals surface area contributed by atoms with Crippen molar-refractivity contribution in [3.8, 4) is 0 Å². The van der Waals surface area contributed by atoms with Gasteiger partial charge in [0, 0.05) is 17.3 Å². The molecule has 1 aliphatic carbocycles. The molecule has 0 spiro atoms. The second kappa shape index (κ2) is 3.25. The number of rotatable bonds is 3. The monoisotopic (exact) mass is 214 g/mol. The fourth-order valence-corrected chi connectivity index (χ4v) is 1.64. The first kappa shape index (κ1) is 10.5. The second-order valence-corrected chi connectivity index (χ2v) is 4.52. The van der Waals surface area contributed by atoms with E-state index in [1.54, 1.807) is 6.07 Å². The van der Waals surface area contributed by atoms with Crippen molar-refractivity contribution in [2.24, 2.45) is 0 Å². The topological polar surface area (TPSA) is 12.9 Å². The summed E-state index contributed by atoms with van der Waals surface area (Å²) in [5.74, 6) is 0. The van der Waals surface area contributed by atoms with Crippen LogP contribution in [0.4, 0.5) is 12.9 Å². The molecule has 0 bridgehead atoms. The van der Waals surface area contributed by atoms with Crippen molar-refractivity contribution in [3.63, 3.8) is 0 Å². The van der Waals surface area contributed by atoms with Gasteiger partial charge < -0.3 is 12.9 Å². The Morgan fingerprint density at radius 3 is 2.60 bits per heavy atom. The van der Waals surface area contributed by atoms with E-state index < -0.39 is 13.3 Å². The van der Waals surface area contributed by atoms with Gasteiger partial charge in [0.15, 0.2) is 0 Å². The Labute approximate surface area is 86.8 Å². The molecular formula is C10H12BF3N-. The minimum atomic E-state index is -4.74. The zero-order valence-electron chi connectivity index (χ0n) is 8.51. The van der Waals surface area contributed by atoms with Gasteiger partial charge in [-0.05, 0) is 25.0 Å². The smallest absolute Gasteiger partial charge is 0.449 e. The number of hydrogen-bond donors (Lipinski definition) is 0. The maximum Gasteiger partial charge on any atom is 0.482 e. The molecule has 1 heterocycles. The zero-order valence-corrected chi connectivity index (χ0v) is 8.51. The lowest BCUT2D eigenvalue weighted by atomic mass is 9.81. The lowest BCUT2D eigenvalue weighted by Gasteiger charge is -2.15. The largest absolute Gasteiger partial charge is 0.482 e. The summed E-state index contributed by atoms with van der Waals surface area (Å²) in [6, 6.07) is 3.05. The summed E-state index contributed by atoms with van der Waals surface area (Å²) in [5.41, 5.74) is 1.18. The predicted molar refractivity (Wildman–Crippen MR) is 53.6 cm³/mol. The molecule has 1 aliphatic rings. The van der Waals surface area contributed by atoms with E-state index in [-0.39, 0.29) is 5.41 Å². The first-order valence-electron chi connectivity index (χ1n) is 5.05. The molecule has 2 rings (SSSR count). The van der Waals surface area contributed by atoms with Crippen LogP contribution in [0.1, 0.15) is 31.0 Å². The minimum Gasteiger partial charge on any atom is -0.449 e. The molecule has 1 aromatic rings. The maximum absolute atomic E-state index is 12.2. The summed E-state index contributed by atoms with van der Waals surface area (Å²) in [6.07, 6.45) is 2.74. The number of nitrogens with zero attached hydrogens (tertiary/aromatic N) is 1. The van der Waals surface area contributed by atoms with Crippen molar-refractivity contribution >= 4 is 6.98 Å². The first-order valence-corrected chi connectivity index (χ1v) is 5.05. The molecule has 1 fully saturated rings. The lowest BCUT2D eigenvalue weighted by Crippen LogP contribution is -2.19. The Bertz CT molecular complexity index is 371. The van der Waals surface area contributed by atoms with Crippen molar-refractivity contribution in [2.45, 2.75) is 31.5 Å². The van der Waals surface area contributed by atoms with Gasteiger partial charge in [0.2, 0.25) is 0 Å². The average molecular weight is 214 g/mol. The third kappa shape index (κ3) is 2.52. The second-order valence-electron chi connectivity index (χ2n) is 4.52. The molecule has 1 saturated carbocycles. The first-order chi connectivity index (χ1) is 6.89. The molecule has 0 radical (unpaired) electrons. The van der Waals surface area contributed by atoms with Crippen molar-refractivity contribution in [2.75, 3.05) is 0 Å². The summed E-state index contributed by atoms with van der Waals surface area (Å²) in [4.78, 5) is 4.14. The Morgan fingerprint density at radius 2 is 2.07 bits per heavy atom. The molecule has 1 nitrogen and oxygen atoms in total. The van der Waals surface area contributed by atoms with Crippen molar-refractivity contribution in [1.82, 2.24) is 4.98 Å². The maximum atomic E-state index is 12.2. The van der Waals surface area contributed by atoms with Crippen LogP contribution in [-0.2, 0) is 11.7 Å². The lowest BCUT2D eigenvalue weighted by molar-refractivity contribution is 0.468. The molecule has 0 atom stereocenters. The Balaban J connectivity index is 2.20. The van der Waals surface area contributed by atoms with Gasteiger partial charge in [-0.2, -0.15) is 0 Å². The van der Waals surface area contributed by atoms with E-state index in [1.165, 1.54) is 12.3 Å². The minimum absolute atomic E-state index is 0.0363. The number of halogens is 3.